The summed E-state index contributed by atoms with van der Waals surface area (Å²) in [5.74, 6) is 1.80. The Morgan fingerprint density at radius 2 is 2.25 bits per heavy atom. The molecular formula is C15H20N2O3. The largest absolute Gasteiger partial charge is 0.454 e. The fourth-order valence-corrected chi connectivity index (χ4v) is 2.75. The van der Waals surface area contributed by atoms with Crippen LogP contribution in [0.2, 0.25) is 0 Å². The van der Waals surface area contributed by atoms with E-state index >= 15 is 0 Å². The highest BCUT2D eigenvalue weighted by atomic mass is 16.7. The molecule has 2 atom stereocenters. The molecule has 0 saturated carbocycles. The van der Waals surface area contributed by atoms with Gasteiger partial charge in [0.15, 0.2) is 11.5 Å². The number of nitrogens with one attached hydrogen (secondary N) is 2. The molecule has 5 heteroatoms. The third kappa shape index (κ3) is 2.88. The van der Waals surface area contributed by atoms with Crippen LogP contribution >= 0.6 is 0 Å². The van der Waals surface area contributed by atoms with Crippen molar-refractivity contribution >= 4 is 5.91 Å². The zero-order valence-corrected chi connectivity index (χ0v) is 11.6. The highest BCUT2D eigenvalue weighted by Crippen LogP contribution is 2.32. The van der Waals surface area contributed by atoms with Gasteiger partial charge in [-0.3, -0.25) is 4.79 Å². The third-order valence-corrected chi connectivity index (χ3v) is 3.90. The van der Waals surface area contributed by atoms with Crippen LogP contribution in [-0.2, 0) is 11.3 Å². The maximum Gasteiger partial charge on any atom is 0.231 e. The lowest BCUT2D eigenvalue weighted by Crippen LogP contribution is -2.42. The molecule has 2 unspecified atom stereocenters. The number of hydrogen-bond donors (Lipinski definition) is 2. The minimum atomic E-state index is 0.125. The first-order valence-electron chi connectivity index (χ1n) is 7.12. The van der Waals surface area contributed by atoms with Crippen molar-refractivity contribution in [1.82, 2.24) is 10.6 Å². The van der Waals surface area contributed by atoms with E-state index in [4.69, 9.17) is 9.47 Å². The van der Waals surface area contributed by atoms with Gasteiger partial charge < -0.3 is 20.1 Å². The molecule has 1 fully saturated rings. The van der Waals surface area contributed by atoms with Gasteiger partial charge in [-0.05, 0) is 44.0 Å². The van der Waals surface area contributed by atoms with Gasteiger partial charge in [-0.2, -0.15) is 0 Å². The van der Waals surface area contributed by atoms with Gasteiger partial charge in [-0.15, -0.1) is 0 Å². The molecule has 2 N–H and O–H groups in total. The molecule has 0 aromatic heterocycles. The van der Waals surface area contributed by atoms with E-state index < -0.39 is 0 Å². The molecule has 0 aliphatic carbocycles. The van der Waals surface area contributed by atoms with Crippen LogP contribution in [0.3, 0.4) is 0 Å². The molecule has 0 spiro atoms. The average Bonchev–Trinajstić information content (AvgIpc) is 2.92. The first-order chi connectivity index (χ1) is 9.72. The molecule has 3 rings (SSSR count). The molecule has 1 saturated heterocycles. The second kappa shape index (κ2) is 5.71. The van der Waals surface area contributed by atoms with Crippen molar-refractivity contribution in [2.24, 2.45) is 5.92 Å². The van der Waals surface area contributed by atoms with E-state index in [0.717, 1.165) is 36.4 Å². The van der Waals surface area contributed by atoms with Gasteiger partial charge in [0.05, 0.1) is 0 Å². The number of amides is 1. The Balaban J connectivity index is 1.55. The summed E-state index contributed by atoms with van der Waals surface area (Å²) in [6.45, 7) is 3.85. The predicted molar refractivity (Wildman–Crippen MR) is 74.6 cm³/mol. The zero-order chi connectivity index (χ0) is 13.9. The number of ether oxygens (including phenoxy) is 2. The summed E-state index contributed by atoms with van der Waals surface area (Å²) in [7, 11) is 0. The van der Waals surface area contributed by atoms with Gasteiger partial charge >= 0.3 is 0 Å². The number of piperidine rings is 1. The molecule has 0 bridgehead atoms. The maximum absolute atomic E-state index is 12.2. The molecule has 0 radical (unpaired) electrons. The number of carbonyl (C=O) groups is 1. The molecule has 5 nitrogen and oxygen atoms in total. The summed E-state index contributed by atoms with van der Waals surface area (Å²) in [4.78, 5) is 12.2. The Morgan fingerprint density at radius 1 is 1.40 bits per heavy atom. The summed E-state index contributed by atoms with van der Waals surface area (Å²) in [5.41, 5.74) is 1.03. The lowest BCUT2D eigenvalue weighted by molar-refractivity contribution is -0.126. The van der Waals surface area contributed by atoms with Crippen molar-refractivity contribution < 1.29 is 14.3 Å². The van der Waals surface area contributed by atoms with E-state index in [-0.39, 0.29) is 18.6 Å². The first kappa shape index (κ1) is 13.2. The average molecular weight is 276 g/mol. The Bertz CT molecular complexity index is 504. The van der Waals surface area contributed by atoms with Gasteiger partial charge in [-0.1, -0.05) is 6.07 Å². The second-order valence-corrected chi connectivity index (χ2v) is 5.48. The standard InChI is InChI=1S/C15H20N2O3/c1-10-6-12(4-5-16-10)15(18)17-8-11-2-3-13-14(7-11)20-9-19-13/h2-3,7,10,12,16H,4-6,8-9H2,1H3,(H,17,18). The molecular weight excluding hydrogens is 256 g/mol. The Hall–Kier alpha value is -1.75. The third-order valence-electron chi connectivity index (χ3n) is 3.90. The van der Waals surface area contributed by atoms with E-state index in [1.165, 1.54) is 0 Å². The number of rotatable bonds is 3. The zero-order valence-electron chi connectivity index (χ0n) is 11.6. The lowest BCUT2D eigenvalue weighted by atomic mass is 9.92. The Kier molecular flexibility index (Phi) is 3.78. The summed E-state index contributed by atoms with van der Waals surface area (Å²) in [6, 6.07) is 6.19. The lowest BCUT2D eigenvalue weighted by Gasteiger charge is -2.27. The quantitative estimate of drug-likeness (QED) is 0.876. The fraction of sp³-hybridized carbons (Fsp3) is 0.533. The van der Waals surface area contributed by atoms with E-state index in [0.29, 0.717) is 12.6 Å². The summed E-state index contributed by atoms with van der Waals surface area (Å²) in [5, 5.41) is 6.38. The van der Waals surface area contributed by atoms with Crippen molar-refractivity contribution in [3.8, 4) is 11.5 Å². The van der Waals surface area contributed by atoms with Crippen LogP contribution in [0.5, 0.6) is 11.5 Å². The van der Waals surface area contributed by atoms with E-state index in [1.807, 2.05) is 18.2 Å². The first-order valence-corrected chi connectivity index (χ1v) is 7.12. The Morgan fingerprint density at radius 3 is 3.10 bits per heavy atom. The van der Waals surface area contributed by atoms with Crippen LogP contribution in [0.25, 0.3) is 0 Å². The van der Waals surface area contributed by atoms with Gasteiger partial charge in [0.1, 0.15) is 0 Å². The van der Waals surface area contributed by atoms with Crippen molar-refractivity contribution in [1.29, 1.82) is 0 Å². The molecule has 2 aliphatic heterocycles. The molecule has 108 valence electrons. The van der Waals surface area contributed by atoms with Crippen molar-refractivity contribution in [3.63, 3.8) is 0 Å². The smallest absolute Gasteiger partial charge is 0.231 e. The number of hydrogen-bond acceptors (Lipinski definition) is 4. The predicted octanol–water partition coefficient (Wildman–Crippen LogP) is 1.42. The van der Waals surface area contributed by atoms with Crippen molar-refractivity contribution in [2.75, 3.05) is 13.3 Å². The second-order valence-electron chi connectivity index (χ2n) is 5.48. The minimum Gasteiger partial charge on any atom is -0.454 e. The van der Waals surface area contributed by atoms with Crippen LogP contribution in [0.15, 0.2) is 18.2 Å². The van der Waals surface area contributed by atoms with Crippen LogP contribution in [0.4, 0.5) is 0 Å². The SMILES string of the molecule is CC1CC(C(=O)NCc2ccc3c(c2)OCO3)CCN1. The highest BCUT2D eigenvalue weighted by Gasteiger charge is 2.24. The summed E-state index contributed by atoms with van der Waals surface area (Å²) in [6.07, 6.45) is 1.82. The van der Waals surface area contributed by atoms with Crippen molar-refractivity contribution in [2.45, 2.75) is 32.4 Å². The van der Waals surface area contributed by atoms with Gasteiger partial charge in [-0.25, -0.2) is 0 Å². The van der Waals surface area contributed by atoms with Crippen LogP contribution in [-0.4, -0.2) is 25.3 Å². The molecule has 2 aliphatic rings. The van der Waals surface area contributed by atoms with E-state index in [1.54, 1.807) is 0 Å². The minimum absolute atomic E-state index is 0.125. The van der Waals surface area contributed by atoms with Crippen molar-refractivity contribution in [3.05, 3.63) is 23.8 Å². The fourth-order valence-electron chi connectivity index (χ4n) is 2.75. The van der Waals surface area contributed by atoms with E-state index in [9.17, 15) is 4.79 Å². The summed E-state index contributed by atoms with van der Waals surface area (Å²) < 4.78 is 10.6. The molecule has 2 heterocycles. The van der Waals surface area contributed by atoms with Gasteiger partial charge in [0.2, 0.25) is 12.7 Å². The highest BCUT2D eigenvalue weighted by molar-refractivity contribution is 5.78. The van der Waals surface area contributed by atoms with Gasteiger partial charge in [0.25, 0.3) is 0 Å². The molecule has 1 aromatic carbocycles. The maximum atomic E-state index is 12.2. The van der Waals surface area contributed by atoms with Gasteiger partial charge in [0, 0.05) is 18.5 Å². The van der Waals surface area contributed by atoms with E-state index in [2.05, 4.69) is 17.6 Å². The van der Waals surface area contributed by atoms with Crippen LogP contribution in [0, 0.1) is 5.92 Å². The Labute approximate surface area is 118 Å². The molecule has 1 amide bonds. The molecule has 20 heavy (non-hydrogen) atoms. The number of benzene rings is 1. The number of fused-ring (bicyclic) bond motifs is 1. The topological polar surface area (TPSA) is 59.6 Å². The normalized spacial score (nSPS) is 24.4. The number of carbonyl (C=O) groups excluding carboxylic acids is 1. The monoisotopic (exact) mass is 276 g/mol. The van der Waals surface area contributed by atoms with Crippen LogP contribution < -0.4 is 20.1 Å². The summed E-state index contributed by atoms with van der Waals surface area (Å²) >= 11 is 0. The van der Waals surface area contributed by atoms with Crippen LogP contribution in [0.1, 0.15) is 25.3 Å². The molecule has 1 aromatic rings.